The van der Waals surface area contributed by atoms with Gasteiger partial charge >= 0.3 is 5.97 Å². The highest BCUT2D eigenvalue weighted by Gasteiger charge is 2.17. The van der Waals surface area contributed by atoms with E-state index >= 15 is 0 Å². The van der Waals surface area contributed by atoms with Crippen LogP contribution in [-0.2, 0) is 9.53 Å². The van der Waals surface area contributed by atoms with Gasteiger partial charge in [-0.15, -0.1) is 11.5 Å². The zero-order chi connectivity index (χ0) is 13.4. The summed E-state index contributed by atoms with van der Waals surface area (Å²) in [5, 5.41) is 0. The van der Waals surface area contributed by atoms with E-state index in [9.17, 15) is 4.79 Å². The van der Waals surface area contributed by atoms with E-state index in [4.69, 9.17) is 4.74 Å². The molecule has 1 heterocycles. The van der Waals surface area contributed by atoms with E-state index in [1.165, 1.54) is 11.1 Å². The lowest BCUT2D eigenvalue weighted by Gasteiger charge is -2.28. The van der Waals surface area contributed by atoms with Crippen LogP contribution in [0.3, 0.4) is 0 Å². The van der Waals surface area contributed by atoms with Gasteiger partial charge < -0.3 is 4.74 Å². The van der Waals surface area contributed by atoms with Gasteiger partial charge in [0.25, 0.3) is 0 Å². The average molecular weight is 247 g/mol. The van der Waals surface area contributed by atoms with Gasteiger partial charge in [0.05, 0.1) is 6.61 Å². The lowest BCUT2D eigenvalue weighted by Crippen LogP contribution is -2.33. The smallest absolute Gasteiger partial charge is 0.305 e. The Labute approximate surface area is 109 Å². The molecule has 0 spiro atoms. The van der Waals surface area contributed by atoms with Crippen LogP contribution in [-0.4, -0.2) is 37.1 Å². The molecule has 98 valence electrons. The Kier molecular flexibility index (Phi) is 6.24. The van der Waals surface area contributed by atoms with E-state index in [2.05, 4.69) is 29.5 Å². The zero-order valence-corrected chi connectivity index (χ0v) is 11.1. The molecule has 0 amide bonds. The molecule has 3 nitrogen and oxygen atoms in total. The highest BCUT2D eigenvalue weighted by molar-refractivity contribution is 5.69. The van der Waals surface area contributed by atoms with Crippen LogP contribution in [0.4, 0.5) is 0 Å². The second kappa shape index (κ2) is 7.73. The van der Waals surface area contributed by atoms with Crippen LogP contribution in [0.5, 0.6) is 0 Å². The van der Waals surface area contributed by atoms with Crippen molar-refractivity contribution < 1.29 is 9.53 Å². The number of esters is 1. The summed E-state index contributed by atoms with van der Waals surface area (Å²) in [6.45, 7) is 12.3. The minimum atomic E-state index is -0.117. The Bertz CT molecular complexity index is 373. The molecule has 0 unspecified atom stereocenters. The van der Waals surface area contributed by atoms with Crippen LogP contribution in [0, 0.1) is 0 Å². The highest BCUT2D eigenvalue weighted by Crippen LogP contribution is 2.19. The van der Waals surface area contributed by atoms with Gasteiger partial charge in [-0.1, -0.05) is 13.2 Å². The first-order valence-corrected chi connectivity index (χ1v) is 6.33. The first-order valence-electron chi connectivity index (χ1n) is 6.33. The fourth-order valence-corrected chi connectivity index (χ4v) is 2.04. The molecule has 1 aliphatic heterocycles. The third-order valence-electron chi connectivity index (χ3n) is 2.92. The van der Waals surface area contributed by atoms with E-state index in [-0.39, 0.29) is 5.97 Å². The first kappa shape index (κ1) is 14.5. The average Bonchev–Trinajstić information content (AvgIpc) is 2.38. The second-order valence-electron chi connectivity index (χ2n) is 4.36. The van der Waals surface area contributed by atoms with Crippen molar-refractivity contribution in [3.05, 3.63) is 35.8 Å². The van der Waals surface area contributed by atoms with Gasteiger partial charge in [-0.05, 0) is 31.0 Å². The summed E-state index contributed by atoms with van der Waals surface area (Å²) in [6.07, 6.45) is 2.17. The van der Waals surface area contributed by atoms with Gasteiger partial charge in [-0.2, -0.15) is 0 Å². The number of carbonyl (C=O) groups excluding carboxylic acids is 1. The number of ether oxygens (including phenoxy) is 1. The number of nitrogens with zero attached hydrogens (tertiary/aromatic N) is 1. The van der Waals surface area contributed by atoms with E-state index in [1.807, 2.05) is 6.92 Å². The molecule has 0 atom stereocenters. The van der Waals surface area contributed by atoms with Crippen molar-refractivity contribution in [3.8, 4) is 0 Å². The molecule has 0 aromatic rings. The van der Waals surface area contributed by atoms with E-state index in [1.54, 1.807) is 0 Å². The number of piperidine rings is 1. The molecular formula is C15H21NO2. The molecule has 1 aliphatic rings. The first-order chi connectivity index (χ1) is 8.69. The molecule has 0 N–H and O–H groups in total. The maximum Gasteiger partial charge on any atom is 0.305 e. The SMILES string of the molecule is C=C=C1CC(=C=C)CN(CCCC(=O)OCC)C1. The summed E-state index contributed by atoms with van der Waals surface area (Å²) in [5.41, 5.74) is 8.26. The van der Waals surface area contributed by atoms with Crippen LogP contribution in [0.2, 0.25) is 0 Å². The molecule has 0 radical (unpaired) electrons. The Hall–Kier alpha value is -1.53. The van der Waals surface area contributed by atoms with Crippen molar-refractivity contribution in [2.45, 2.75) is 26.2 Å². The van der Waals surface area contributed by atoms with Crippen molar-refractivity contribution in [1.82, 2.24) is 4.90 Å². The molecule has 0 aromatic carbocycles. The van der Waals surface area contributed by atoms with E-state index < -0.39 is 0 Å². The fraction of sp³-hybridized carbons (Fsp3) is 0.533. The molecule has 1 fully saturated rings. The van der Waals surface area contributed by atoms with E-state index in [0.717, 1.165) is 32.5 Å². The van der Waals surface area contributed by atoms with Crippen molar-refractivity contribution in [1.29, 1.82) is 0 Å². The predicted molar refractivity (Wildman–Crippen MR) is 72.2 cm³/mol. The topological polar surface area (TPSA) is 29.5 Å². The quantitative estimate of drug-likeness (QED) is 0.552. The lowest BCUT2D eigenvalue weighted by molar-refractivity contribution is -0.143. The Morgan fingerprint density at radius 2 is 1.94 bits per heavy atom. The monoisotopic (exact) mass is 247 g/mol. The van der Waals surface area contributed by atoms with Crippen molar-refractivity contribution in [3.63, 3.8) is 0 Å². The minimum absolute atomic E-state index is 0.117. The van der Waals surface area contributed by atoms with Gasteiger partial charge in [0.15, 0.2) is 0 Å². The summed E-state index contributed by atoms with van der Waals surface area (Å²) in [5.74, 6) is -0.117. The lowest BCUT2D eigenvalue weighted by atomic mass is 10.0. The number of rotatable bonds is 5. The van der Waals surface area contributed by atoms with Gasteiger partial charge in [-0.25, -0.2) is 0 Å². The third-order valence-corrected chi connectivity index (χ3v) is 2.92. The Morgan fingerprint density at radius 1 is 1.33 bits per heavy atom. The molecule has 3 heteroatoms. The van der Waals surface area contributed by atoms with Crippen molar-refractivity contribution in [2.75, 3.05) is 26.2 Å². The van der Waals surface area contributed by atoms with Crippen molar-refractivity contribution >= 4 is 5.97 Å². The van der Waals surface area contributed by atoms with Gasteiger partial charge in [0, 0.05) is 25.9 Å². The maximum absolute atomic E-state index is 11.2. The van der Waals surface area contributed by atoms with Crippen molar-refractivity contribution in [2.24, 2.45) is 0 Å². The molecule has 1 rings (SSSR count). The minimum Gasteiger partial charge on any atom is -0.466 e. The van der Waals surface area contributed by atoms with Gasteiger partial charge in [0.2, 0.25) is 0 Å². The summed E-state index contributed by atoms with van der Waals surface area (Å²) in [6, 6.07) is 0. The summed E-state index contributed by atoms with van der Waals surface area (Å²) in [7, 11) is 0. The number of carbonyl (C=O) groups is 1. The maximum atomic E-state index is 11.2. The molecular weight excluding hydrogens is 226 g/mol. The predicted octanol–water partition coefficient (Wildman–Crippen LogP) is 2.46. The number of hydrogen-bond acceptors (Lipinski definition) is 3. The normalized spacial score (nSPS) is 16.1. The standard InChI is InChI=1S/C15H21NO2/c1-4-13-10-14(5-2)12-16(11-13)9-7-8-15(17)18-6-3/h1-2,6-12H2,3H3. The molecule has 0 saturated carbocycles. The van der Waals surface area contributed by atoms with Crippen LogP contribution < -0.4 is 0 Å². The summed E-state index contributed by atoms with van der Waals surface area (Å²) >= 11 is 0. The largest absolute Gasteiger partial charge is 0.466 e. The third kappa shape index (κ3) is 4.77. The number of hydrogen-bond donors (Lipinski definition) is 0. The van der Waals surface area contributed by atoms with E-state index in [0.29, 0.717) is 13.0 Å². The molecule has 18 heavy (non-hydrogen) atoms. The van der Waals surface area contributed by atoms with Crippen LogP contribution >= 0.6 is 0 Å². The van der Waals surface area contributed by atoms with Crippen LogP contribution in [0.15, 0.2) is 35.8 Å². The van der Waals surface area contributed by atoms with Gasteiger partial charge in [0.1, 0.15) is 0 Å². The highest BCUT2D eigenvalue weighted by atomic mass is 16.5. The van der Waals surface area contributed by atoms with Crippen LogP contribution in [0.1, 0.15) is 26.2 Å². The van der Waals surface area contributed by atoms with Crippen LogP contribution in [0.25, 0.3) is 0 Å². The summed E-state index contributed by atoms with van der Waals surface area (Å²) < 4.78 is 4.90. The zero-order valence-electron chi connectivity index (χ0n) is 11.1. The Balaban J connectivity index is 2.40. The molecule has 0 bridgehead atoms. The molecule has 1 saturated heterocycles. The molecule has 0 aliphatic carbocycles. The summed E-state index contributed by atoms with van der Waals surface area (Å²) in [4.78, 5) is 13.5. The molecule has 0 aromatic heterocycles. The second-order valence-corrected chi connectivity index (χ2v) is 4.36. The Morgan fingerprint density at radius 3 is 2.44 bits per heavy atom. The van der Waals surface area contributed by atoms with Gasteiger partial charge in [-0.3, -0.25) is 9.69 Å². The fourth-order valence-electron chi connectivity index (χ4n) is 2.04. The number of likely N-dealkylation sites (tertiary alicyclic amines) is 1.